The van der Waals surface area contributed by atoms with Crippen LogP contribution in [0.4, 0.5) is 11.5 Å². The molecule has 0 aliphatic carbocycles. The van der Waals surface area contributed by atoms with E-state index in [1.165, 1.54) is 13.3 Å². The van der Waals surface area contributed by atoms with E-state index >= 15 is 0 Å². The summed E-state index contributed by atoms with van der Waals surface area (Å²) in [5, 5.41) is 6.90. The number of ether oxygens (including phenoxy) is 1. The Morgan fingerprint density at radius 2 is 1.88 bits per heavy atom. The number of hydrogen-bond acceptors (Lipinski definition) is 5. The van der Waals surface area contributed by atoms with E-state index in [2.05, 4.69) is 32.4 Å². The molecule has 1 aromatic heterocycles. The van der Waals surface area contributed by atoms with Crippen LogP contribution in [0.3, 0.4) is 0 Å². The predicted molar refractivity (Wildman–Crippen MR) is 126 cm³/mol. The van der Waals surface area contributed by atoms with E-state index in [9.17, 15) is 4.79 Å². The highest BCUT2D eigenvalue weighted by Gasteiger charge is 2.07. The largest absolute Gasteiger partial charge is 0.457 e. The zero-order valence-corrected chi connectivity index (χ0v) is 17.8. The molecule has 4 aromatic rings. The van der Waals surface area contributed by atoms with Gasteiger partial charge in [-0.25, -0.2) is 9.97 Å². The second-order valence-corrected chi connectivity index (χ2v) is 7.19. The number of aryl methyl sites for hydroxylation is 1. The average molecular weight is 422 g/mol. The van der Waals surface area contributed by atoms with Crippen molar-refractivity contribution in [2.24, 2.45) is 0 Å². The average Bonchev–Trinajstić information content (AvgIpc) is 2.79. The van der Waals surface area contributed by atoms with E-state index < -0.39 is 0 Å². The lowest BCUT2D eigenvalue weighted by Gasteiger charge is -2.12. The van der Waals surface area contributed by atoms with Crippen molar-refractivity contribution in [3.05, 3.63) is 84.2 Å². The number of amides is 1. The van der Waals surface area contributed by atoms with Crippen molar-refractivity contribution in [3.8, 4) is 23.3 Å². The van der Waals surface area contributed by atoms with Crippen molar-refractivity contribution >= 4 is 28.3 Å². The maximum atomic E-state index is 11.0. The number of carbonyl (C=O) groups is 1. The smallest absolute Gasteiger partial charge is 0.217 e. The van der Waals surface area contributed by atoms with Crippen LogP contribution in [0.5, 0.6) is 11.5 Å². The molecule has 0 saturated heterocycles. The summed E-state index contributed by atoms with van der Waals surface area (Å²) in [5.74, 6) is 8.18. The Morgan fingerprint density at radius 1 is 1.03 bits per heavy atom. The van der Waals surface area contributed by atoms with Gasteiger partial charge < -0.3 is 15.4 Å². The highest BCUT2D eigenvalue weighted by molar-refractivity contribution is 5.91. The summed E-state index contributed by atoms with van der Waals surface area (Å²) < 4.78 is 5.97. The highest BCUT2D eigenvalue weighted by Crippen LogP contribution is 2.29. The fourth-order valence-electron chi connectivity index (χ4n) is 3.14. The number of para-hydroxylation sites is 1. The van der Waals surface area contributed by atoms with Crippen LogP contribution in [0.1, 0.15) is 18.1 Å². The minimum atomic E-state index is -0.104. The topological polar surface area (TPSA) is 76.1 Å². The molecule has 0 saturated carbocycles. The summed E-state index contributed by atoms with van der Waals surface area (Å²) in [7, 11) is 0. The van der Waals surface area contributed by atoms with Crippen LogP contribution in [0.2, 0.25) is 0 Å². The number of aromatic nitrogens is 2. The Labute approximate surface area is 186 Å². The standard InChI is InChI=1S/C26H22N4O2/c1-18-15-21(11-13-25(18)32-22-8-4-3-5-9-22)30-26-23-16-20(7-6-14-27-19(2)31)10-12-24(23)28-17-29-26/h3-5,8-13,15-17H,14H2,1-2H3,(H,27,31)(H,28,29,30). The number of nitrogens with zero attached hydrogens (tertiary/aromatic N) is 2. The Balaban J connectivity index is 1.56. The quantitative estimate of drug-likeness (QED) is 0.445. The number of anilines is 2. The Morgan fingerprint density at radius 3 is 2.66 bits per heavy atom. The lowest BCUT2D eigenvalue weighted by molar-refractivity contribution is -0.118. The summed E-state index contributed by atoms with van der Waals surface area (Å²) in [6.45, 7) is 3.78. The van der Waals surface area contributed by atoms with Crippen LogP contribution in [0.15, 0.2) is 73.1 Å². The molecular formula is C26H22N4O2. The number of benzene rings is 3. The Kier molecular flexibility index (Phi) is 6.28. The van der Waals surface area contributed by atoms with E-state index in [0.717, 1.165) is 39.2 Å². The van der Waals surface area contributed by atoms with E-state index in [4.69, 9.17) is 4.74 Å². The number of rotatable bonds is 5. The first-order valence-electron chi connectivity index (χ1n) is 10.2. The predicted octanol–water partition coefficient (Wildman–Crippen LogP) is 4.96. The zero-order chi connectivity index (χ0) is 22.3. The molecule has 0 unspecified atom stereocenters. The first kappa shape index (κ1) is 20.9. The summed E-state index contributed by atoms with van der Waals surface area (Å²) in [6, 6.07) is 21.4. The summed E-state index contributed by atoms with van der Waals surface area (Å²) in [5.41, 5.74) is 3.53. The third kappa shape index (κ3) is 5.21. The van der Waals surface area contributed by atoms with Crippen molar-refractivity contribution in [2.45, 2.75) is 13.8 Å². The van der Waals surface area contributed by atoms with Crippen molar-refractivity contribution in [1.29, 1.82) is 0 Å². The van der Waals surface area contributed by atoms with Crippen LogP contribution in [0, 0.1) is 18.8 Å². The van der Waals surface area contributed by atoms with Crippen molar-refractivity contribution in [3.63, 3.8) is 0 Å². The molecule has 0 aliphatic heterocycles. The van der Waals surface area contributed by atoms with Gasteiger partial charge in [0.2, 0.25) is 5.91 Å². The third-order valence-corrected chi connectivity index (χ3v) is 4.70. The molecule has 3 aromatic carbocycles. The van der Waals surface area contributed by atoms with E-state index in [1.54, 1.807) is 0 Å². The molecule has 158 valence electrons. The lowest BCUT2D eigenvalue weighted by atomic mass is 10.1. The van der Waals surface area contributed by atoms with E-state index in [-0.39, 0.29) is 5.91 Å². The van der Waals surface area contributed by atoms with Crippen LogP contribution in [-0.4, -0.2) is 22.4 Å². The molecule has 32 heavy (non-hydrogen) atoms. The second-order valence-electron chi connectivity index (χ2n) is 7.19. The van der Waals surface area contributed by atoms with Crippen LogP contribution >= 0.6 is 0 Å². The Bertz CT molecular complexity index is 1320. The first-order chi connectivity index (χ1) is 15.6. The molecule has 0 aliphatic rings. The van der Waals surface area contributed by atoms with Gasteiger partial charge >= 0.3 is 0 Å². The number of nitrogens with one attached hydrogen (secondary N) is 2. The minimum absolute atomic E-state index is 0.104. The van der Waals surface area contributed by atoms with Crippen LogP contribution in [-0.2, 0) is 4.79 Å². The highest BCUT2D eigenvalue weighted by atomic mass is 16.5. The van der Waals surface area contributed by atoms with Gasteiger partial charge in [-0.2, -0.15) is 0 Å². The second kappa shape index (κ2) is 9.63. The maximum Gasteiger partial charge on any atom is 0.217 e. The molecule has 0 fully saturated rings. The molecule has 2 N–H and O–H groups in total. The van der Waals surface area contributed by atoms with Gasteiger partial charge in [0.25, 0.3) is 0 Å². The van der Waals surface area contributed by atoms with Gasteiger partial charge in [0.05, 0.1) is 12.1 Å². The van der Waals surface area contributed by atoms with Gasteiger partial charge in [0.15, 0.2) is 0 Å². The van der Waals surface area contributed by atoms with E-state index in [1.807, 2.05) is 73.7 Å². The fourth-order valence-corrected chi connectivity index (χ4v) is 3.14. The number of fused-ring (bicyclic) bond motifs is 1. The van der Waals surface area contributed by atoms with Crippen LogP contribution in [0.25, 0.3) is 10.9 Å². The van der Waals surface area contributed by atoms with Crippen molar-refractivity contribution < 1.29 is 9.53 Å². The zero-order valence-electron chi connectivity index (χ0n) is 17.8. The Hall–Kier alpha value is -4.37. The van der Waals surface area contributed by atoms with Gasteiger partial charge in [0, 0.05) is 23.6 Å². The lowest BCUT2D eigenvalue weighted by Crippen LogP contribution is -2.19. The fraction of sp³-hybridized carbons (Fsp3) is 0.115. The molecule has 1 heterocycles. The molecule has 6 heteroatoms. The normalized spacial score (nSPS) is 10.2. The summed E-state index contributed by atoms with van der Waals surface area (Å²) >= 11 is 0. The monoisotopic (exact) mass is 422 g/mol. The maximum absolute atomic E-state index is 11.0. The van der Waals surface area contributed by atoms with Gasteiger partial charge in [-0.15, -0.1) is 0 Å². The molecule has 0 bridgehead atoms. The number of hydrogen-bond donors (Lipinski definition) is 2. The molecule has 6 nitrogen and oxygen atoms in total. The molecule has 0 radical (unpaired) electrons. The van der Waals surface area contributed by atoms with Crippen molar-refractivity contribution in [1.82, 2.24) is 15.3 Å². The molecule has 1 amide bonds. The van der Waals surface area contributed by atoms with E-state index in [0.29, 0.717) is 12.4 Å². The summed E-state index contributed by atoms with van der Waals surface area (Å²) in [6.07, 6.45) is 1.53. The summed E-state index contributed by atoms with van der Waals surface area (Å²) in [4.78, 5) is 19.7. The van der Waals surface area contributed by atoms with Crippen LogP contribution < -0.4 is 15.4 Å². The SMILES string of the molecule is CC(=O)NCC#Cc1ccc2ncnc(Nc3ccc(Oc4ccccc4)c(C)c3)c2c1. The molecule has 0 spiro atoms. The van der Waals surface area contributed by atoms with Crippen molar-refractivity contribution in [2.75, 3.05) is 11.9 Å². The molecular weight excluding hydrogens is 400 g/mol. The van der Waals surface area contributed by atoms with Gasteiger partial charge in [0.1, 0.15) is 23.6 Å². The van der Waals surface area contributed by atoms with Gasteiger partial charge in [-0.05, 0) is 61.0 Å². The number of carbonyl (C=O) groups excluding carboxylic acids is 1. The first-order valence-corrected chi connectivity index (χ1v) is 10.2. The minimum Gasteiger partial charge on any atom is -0.457 e. The molecule has 0 atom stereocenters. The van der Waals surface area contributed by atoms with Gasteiger partial charge in [-0.3, -0.25) is 4.79 Å². The molecule has 4 rings (SSSR count). The van der Waals surface area contributed by atoms with Gasteiger partial charge in [-0.1, -0.05) is 30.0 Å². The third-order valence-electron chi connectivity index (χ3n) is 4.70.